The number of rotatable bonds is 5. The van der Waals surface area contributed by atoms with Crippen LogP contribution in [0.4, 0.5) is 0 Å². The van der Waals surface area contributed by atoms with E-state index in [1.54, 1.807) is 11.4 Å². The first-order chi connectivity index (χ1) is 9.37. The van der Waals surface area contributed by atoms with Crippen LogP contribution in [0.2, 0.25) is 0 Å². The lowest BCUT2D eigenvalue weighted by Gasteiger charge is -2.33. The molecule has 0 spiro atoms. The highest BCUT2D eigenvalue weighted by Crippen LogP contribution is 2.36. The molecular formula is C12H16BrNO4S2. The maximum absolute atomic E-state index is 12.2. The lowest BCUT2D eigenvalue weighted by atomic mass is 9.74. The fourth-order valence-corrected chi connectivity index (χ4v) is 5.97. The van der Waals surface area contributed by atoms with E-state index in [0.29, 0.717) is 17.3 Å². The molecule has 0 atom stereocenters. The normalized spacial score (nSPS) is 18.9. The number of halogens is 1. The number of carbonyl (C=O) groups is 1. The largest absolute Gasteiger partial charge is 0.481 e. The van der Waals surface area contributed by atoms with Crippen LogP contribution in [-0.2, 0) is 14.8 Å². The summed E-state index contributed by atoms with van der Waals surface area (Å²) < 4.78 is 27.6. The van der Waals surface area contributed by atoms with Crippen molar-refractivity contribution in [1.82, 2.24) is 4.72 Å². The van der Waals surface area contributed by atoms with Gasteiger partial charge >= 0.3 is 5.97 Å². The van der Waals surface area contributed by atoms with Crippen LogP contribution in [0.5, 0.6) is 0 Å². The summed E-state index contributed by atoms with van der Waals surface area (Å²) in [6.07, 6.45) is 3.72. The molecule has 20 heavy (non-hydrogen) atoms. The molecule has 8 heteroatoms. The van der Waals surface area contributed by atoms with Gasteiger partial charge in [0.2, 0.25) is 0 Å². The summed E-state index contributed by atoms with van der Waals surface area (Å²) in [5, 5.41) is 11.1. The van der Waals surface area contributed by atoms with E-state index >= 15 is 0 Å². The van der Waals surface area contributed by atoms with Gasteiger partial charge in [0, 0.05) is 11.0 Å². The van der Waals surface area contributed by atoms with Crippen LogP contribution < -0.4 is 4.72 Å². The Morgan fingerprint density at radius 3 is 2.55 bits per heavy atom. The van der Waals surface area contributed by atoms with Crippen LogP contribution in [0.1, 0.15) is 32.1 Å². The molecule has 5 nitrogen and oxygen atoms in total. The van der Waals surface area contributed by atoms with E-state index in [2.05, 4.69) is 20.7 Å². The van der Waals surface area contributed by atoms with Gasteiger partial charge in [-0.25, -0.2) is 13.1 Å². The van der Waals surface area contributed by atoms with Crippen molar-refractivity contribution in [3.8, 4) is 0 Å². The molecule has 1 saturated carbocycles. The minimum absolute atomic E-state index is 0.0466. The van der Waals surface area contributed by atoms with Gasteiger partial charge in [-0.15, -0.1) is 11.3 Å². The van der Waals surface area contributed by atoms with Gasteiger partial charge in [-0.3, -0.25) is 4.79 Å². The molecule has 0 unspecified atom stereocenters. The molecule has 2 rings (SSSR count). The smallest absolute Gasteiger partial charge is 0.310 e. The van der Waals surface area contributed by atoms with Crippen molar-refractivity contribution in [2.75, 3.05) is 6.54 Å². The molecule has 2 N–H and O–H groups in total. The first kappa shape index (κ1) is 15.9. The van der Waals surface area contributed by atoms with E-state index in [1.165, 1.54) is 0 Å². The summed E-state index contributed by atoms with van der Waals surface area (Å²) in [7, 11) is -3.66. The maximum Gasteiger partial charge on any atom is 0.310 e. The molecular weight excluding hydrogens is 366 g/mol. The molecule has 1 aromatic heterocycles. The van der Waals surface area contributed by atoms with E-state index in [-0.39, 0.29) is 10.8 Å². The SMILES string of the molecule is O=C(O)C1(CNS(=O)(=O)c2sccc2Br)CCCCC1. The van der Waals surface area contributed by atoms with Gasteiger partial charge in [-0.1, -0.05) is 19.3 Å². The Labute approximate surface area is 130 Å². The zero-order chi connectivity index (χ0) is 14.8. The Hall–Kier alpha value is -0.440. The van der Waals surface area contributed by atoms with E-state index in [4.69, 9.17) is 0 Å². The van der Waals surface area contributed by atoms with Crippen LogP contribution in [0.3, 0.4) is 0 Å². The van der Waals surface area contributed by atoms with Crippen LogP contribution in [0.25, 0.3) is 0 Å². The van der Waals surface area contributed by atoms with E-state index in [1.807, 2.05) is 0 Å². The van der Waals surface area contributed by atoms with E-state index < -0.39 is 21.4 Å². The molecule has 1 heterocycles. The van der Waals surface area contributed by atoms with Gasteiger partial charge in [0.15, 0.2) is 0 Å². The van der Waals surface area contributed by atoms with E-state index in [0.717, 1.165) is 30.6 Å². The van der Waals surface area contributed by atoms with Crippen molar-refractivity contribution in [2.45, 2.75) is 36.3 Å². The molecule has 0 radical (unpaired) electrons. The number of carboxylic acid groups (broad SMARTS) is 1. The molecule has 112 valence electrons. The van der Waals surface area contributed by atoms with Gasteiger partial charge in [-0.05, 0) is 40.2 Å². The molecule has 1 aromatic rings. The van der Waals surface area contributed by atoms with Crippen LogP contribution >= 0.6 is 27.3 Å². The van der Waals surface area contributed by atoms with Crippen LogP contribution in [0.15, 0.2) is 20.1 Å². The number of aliphatic carboxylic acids is 1. The van der Waals surface area contributed by atoms with Crippen molar-refractivity contribution in [3.63, 3.8) is 0 Å². The summed E-state index contributed by atoms with van der Waals surface area (Å²) in [6.45, 7) is -0.0466. The number of carboxylic acids is 1. The van der Waals surface area contributed by atoms with Gasteiger partial charge in [0.05, 0.1) is 5.41 Å². The third-order valence-corrected chi connectivity index (χ3v) is 7.76. The van der Waals surface area contributed by atoms with Crippen molar-refractivity contribution in [1.29, 1.82) is 0 Å². The zero-order valence-electron chi connectivity index (χ0n) is 10.8. The fraction of sp³-hybridized carbons (Fsp3) is 0.583. The van der Waals surface area contributed by atoms with Crippen molar-refractivity contribution in [3.05, 3.63) is 15.9 Å². The molecule has 1 fully saturated rings. The Morgan fingerprint density at radius 1 is 1.40 bits per heavy atom. The molecule has 0 saturated heterocycles. The minimum atomic E-state index is -3.66. The predicted molar refractivity (Wildman–Crippen MR) is 80.4 cm³/mol. The topological polar surface area (TPSA) is 83.5 Å². The second kappa shape index (κ2) is 6.13. The standard InChI is InChI=1S/C12H16BrNO4S2/c13-9-4-7-19-10(9)20(17,18)14-8-12(11(15)16)5-2-1-3-6-12/h4,7,14H,1-3,5-6,8H2,(H,15,16). The highest BCUT2D eigenvalue weighted by atomic mass is 79.9. The minimum Gasteiger partial charge on any atom is -0.481 e. The summed E-state index contributed by atoms with van der Waals surface area (Å²) in [4.78, 5) is 11.5. The first-order valence-electron chi connectivity index (χ1n) is 6.33. The number of thiophene rings is 1. The van der Waals surface area contributed by atoms with Gasteiger partial charge in [-0.2, -0.15) is 0 Å². The molecule has 0 aliphatic heterocycles. The Balaban J connectivity index is 2.14. The fourth-order valence-electron chi connectivity index (χ4n) is 2.47. The number of sulfonamides is 1. The average Bonchev–Trinajstić information content (AvgIpc) is 2.85. The second-order valence-corrected chi connectivity index (χ2v) is 8.76. The third-order valence-electron chi connectivity index (χ3n) is 3.69. The van der Waals surface area contributed by atoms with Crippen LogP contribution in [0, 0.1) is 5.41 Å². The monoisotopic (exact) mass is 381 g/mol. The highest BCUT2D eigenvalue weighted by Gasteiger charge is 2.40. The molecule has 0 bridgehead atoms. The molecule has 0 aromatic carbocycles. The van der Waals surface area contributed by atoms with Gasteiger partial charge in [0.25, 0.3) is 10.0 Å². The zero-order valence-corrected chi connectivity index (χ0v) is 14.0. The Bertz CT molecular complexity index is 590. The van der Waals surface area contributed by atoms with Crippen LogP contribution in [-0.4, -0.2) is 26.0 Å². The number of nitrogens with one attached hydrogen (secondary N) is 1. The predicted octanol–water partition coefficient (Wildman–Crippen LogP) is 2.82. The maximum atomic E-state index is 12.2. The Kier molecular flexibility index (Phi) is 4.88. The third kappa shape index (κ3) is 3.24. The molecule has 1 aliphatic rings. The Morgan fingerprint density at radius 2 is 2.05 bits per heavy atom. The first-order valence-corrected chi connectivity index (χ1v) is 9.49. The van der Waals surface area contributed by atoms with Crippen molar-refractivity contribution in [2.24, 2.45) is 5.41 Å². The molecule has 0 amide bonds. The summed E-state index contributed by atoms with van der Waals surface area (Å²) in [5.41, 5.74) is -0.963. The van der Waals surface area contributed by atoms with E-state index in [9.17, 15) is 18.3 Å². The highest BCUT2D eigenvalue weighted by molar-refractivity contribution is 9.10. The second-order valence-electron chi connectivity index (χ2n) is 5.03. The summed E-state index contributed by atoms with van der Waals surface area (Å²) in [5.74, 6) is -0.912. The van der Waals surface area contributed by atoms with Crippen molar-refractivity contribution >= 4 is 43.3 Å². The average molecular weight is 382 g/mol. The lowest BCUT2D eigenvalue weighted by molar-refractivity contribution is -0.150. The number of hydrogen-bond donors (Lipinski definition) is 2. The molecule has 1 aliphatic carbocycles. The van der Waals surface area contributed by atoms with Gasteiger partial charge < -0.3 is 5.11 Å². The lowest BCUT2D eigenvalue weighted by Crippen LogP contribution is -2.44. The van der Waals surface area contributed by atoms with Gasteiger partial charge in [0.1, 0.15) is 4.21 Å². The van der Waals surface area contributed by atoms with Crippen molar-refractivity contribution < 1.29 is 18.3 Å². The summed E-state index contributed by atoms with van der Waals surface area (Å²) in [6, 6.07) is 1.66. The quantitative estimate of drug-likeness (QED) is 0.820. The number of hydrogen-bond acceptors (Lipinski definition) is 4. The summed E-state index contributed by atoms with van der Waals surface area (Å²) >= 11 is 4.29.